The molecule has 2 atom stereocenters. The van der Waals surface area contributed by atoms with Crippen LogP contribution in [0.3, 0.4) is 0 Å². The molecule has 0 aliphatic heterocycles. The Morgan fingerprint density at radius 1 is 1.26 bits per heavy atom. The zero-order valence-corrected chi connectivity index (χ0v) is 16.0. The van der Waals surface area contributed by atoms with E-state index in [4.69, 9.17) is 6.42 Å². The van der Waals surface area contributed by atoms with Crippen molar-refractivity contribution in [2.45, 2.75) is 50.0 Å². The smallest absolute Gasteiger partial charge is 0.240 e. The van der Waals surface area contributed by atoms with E-state index in [1.54, 1.807) is 12.1 Å². The SMILES string of the molecule is C#C[C@](O)(C#C[Si](C)(C)C)[C@H](C)NS(=O)(=O)c1ccc(C)cc1. The molecule has 2 N–H and O–H groups in total. The van der Waals surface area contributed by atoms with Crippen LogP contribution in [-0.2, 0) is 10.0 Å². The molecule has 0 amide bonds. The van der Waals surface area contributed by atoms with Crippen LogP contribution in [0.1, 0.15) is 12.5 Å². The van der Waals surface area contributed by atoms with Crippen LogP contribution in [-0.4, -0.2) is 33.2 Å². The summed E-state index contributed by atoms with van der Waals surface area (Å²) in [6.45, 7) is 9.41. The molecule has 0 saturated carbocycles. The first-order chi connectivity index (χ1) is 10.4. The van der Waals surface area contributed by atoms with Crippen LogP contribution in [0.4, 0.5) is 0 Å². The molecule has 0 fully saturated rings. The van der Waals surface area contributed by atoms with Gasteiger partial charge in [0.2, 0.25) is 15.6 Å². The Morgan fingerprint density at radius 3 is 2.22 bits per heavy atom. The average molecular weight is 350 g/mol. The Kier molecular flexibility index (Phi) is 5.84. The molecule has 1 aromatic rings. The highest BCUT2D eigenvalue weighted by Crippen LogP contribution is 2.15. The van der Waals surface area contributed by atoms with E-state index in [9.17, 15) is 13.5 Å². The summed E-state index contributed by atoms with van der Waals surface area (Å²) >= 11 is 0. The van der Waals surface area contributed by atoms with Gasteiger partial charge in [0.05, 0.1) is 10.9 Å². The third kappa shape index (κ3) is 5.53. The van der Waals surface area contributed by atoms with Crippen molar-refractivity contribution in [2.24, 2.45) is 0 Å². The minimum absolute atomic E-state index is 0.118. The zero-order chi connectivity index (χ0) is 17.9. The summed E-state index contributed by atoms with van der Waals surface area (Å²) in [7, 11) is -5.54. The lowest BCUT2D eigenvalue weighted by Crippen LogP contribution is -2.49. The van der Waals surface area contributed by atoms with Gasteiger partial charge in [-0.3, -0.25) is 0 Å². The van der Waals surface area contributed by atoms with Gasteiger partial charge >= 0.3 is 0 Å². The van der Waals surface area contributed by atoms with E-state index >= 15 is 0 Å². The first kappa shape index (κ1) is 19.5. The fraction of sp³-hybridized carbons (Fsp3) is 0.412. The molecule has 6 heteroatoms. The van der Waals surface area contributed by atoms with Gasteiger partial charge < -0.3 is 5.11 Å². The van der Waals surface area contributed by atoms with E-state index in [0.717, 1.165) is 5.56 Å². The molecule has 0 spiro atoms. The van der Waals surface area contributed by atoms with Crippen molar-refractivity contribution in [2.75, 3.05) is 0 Å². The number of aliphatic hydroxyl groups is 1. The summed E-state index contributed by atoms with van der Waals surface area (Å²) < 4.78 is 27.2. The van der Waals surface area contributed by atoms with Crippen molar-refractivity contribution >= 4 is 18.1 Å². The summed E-state index contributed by atoms with van der Waals surface area (Å²) in [6, 6.07) is 5.48. The van der Waals surface area contributed by atoms with Gasteiger partial charge in [0.1, 0.15) is 8.07 Å². The quantitative estimate of drug-likeness (QED) is 0.644. The summed E-state index contributed by atoms with van der Waals surface area (Å²) in [5.41, 5.74) is 2.10. The molecule has 1 aromatic carbocycles. The topological polar surface area (TPSA) is 66.4 Å². The minimum Gasteiger partial charge on any atom is -0.366 e. The van der Waals surface area contributed by atoms with E-state index in [0.29, 0.717) is 0 Å². The van der Waals surface area contributed by atoms with Gasteiger partial charge in [0.25, 0.3) is 0 Å². The van der Waals surface area contributed by atoms with Crippen LogP contribution in [0.15, 0.2) is 29.2 Å². The highest BCUT2D eigenvalue weighted by Gasteiger charge is 2.33. The molecule has 0 saturated heterocycles. The summed E-state index contributed by atoms with van der Waals surface area (Å²) in [5.74, 6) is 4.88. The largest absolute Gasteiger partial charge is 0.366 e. The monoisotopic (exact) mass is 349 g/mol. The number of rotatable bonds is 4. The molecule has 0 bridgehead atoms. The molecule has 0 unspecified atom stereocenters. The second kappa shape index (κ2) is 6.90. The van der Waals surface area contributed by atoms with Crippen molar-refractivity contribution in [1.82, 2.24) is 4.72 Å². The summed E-state index contributed by atoms with van der Waals surface area (Å²) in [5, 5.41) is 10.5. The normalized spacial score (nSPS) is 15.7. The van der Waals surface area contributed by atoms with Crippen LogP contribution in [0, 0.1) is 30.7 Å². The van der Waals surface area contributed by atoms with Crippen LogP contribution in [0.25, 0.3) is 0 Å². The summed E-state index contributed by atoms with van der Waals surface area (Å²) in [4.78, 5) is 0.118. The Balaban J connectivity index is 3.08. The van der Waals surface area contributed by atoms with Gasteiger partial charge in [-0.2, -0.15) is 0 Å². The first-order valence-corrected chi connectivity index (χ1v) is 12.2. The van der Waals surface area contributed by atoms with E-state index in [-0.39, 0.29) is 4.90 Å². The molecule has 23 heavy (non-hydrogen) atoms. The third-order valence-corrected chi connectivity index (χ3v) is 5.57. The fourth-order valence-corrected chi connectivity index (χ4v) is 3.49. The lowest BCUT2D eigenvalue weighted by molar-refractivity contribution is 0.132. The molecule has 0 aromatic heterocycles. The highest BCUT2D eigenvalue weighted by molar-refractivity contribution is 7.89. The van der Waals surface area contributed by atoms with Gasteiger partial charge in [-0.15, -0.1) is 12.0 Å². The molecule has 124 valence electrons. The predicted octanol–water partition coefficient (Wildman–Crippen LogP) is 1.91. The van der Waals surface area contributed by atoms with Crippen molar-refractivity contribution in [3.63, 3.8) is 0 Å². The number of nitrogens with one attached hydrogen (secondary N) is 1. The van der Waals surface area contributed by atoms with Gasteiger partial charge in [0, 0.05) is 0 Å². The van der Waals surface area contributed by atoms with Crippen LogP contribution in [0.5, 0.6) is 0 Å². The minimum atomic E-state index is -3.79. The van der Waals surface area contributed by atoms with Gasteiger partial charge in [-0.05, 0) is 26.0 Å². The van der Waals surface area contributed by atoms with E-state index in [1.165, 1.54) is 19.1 Å². The van der Waals surface area contributed by atoms with Crippen LogP contribution < -0.4 is 4.72 Å². The number of terminal acetylenes is 1. The number of sulfonamides is 1. The molecule has 0 aliphatic carbocycles. The third-order valence-electron chi connectivity index (χ3n) is 3.14. The lowest BCUT2D eigenvalue weighted by atomic mass is 9.99. The van der Waals surface area contributed by atoms with Gasteiger partial charge in [-0.1, -0.05) is 49.2 Å². The molecule has 0 radical (unpaired) electrons. The van der Waals surface area contributed by atoms with E-state index in [2.05, 4.69) is 22.1 Å². The number of aryl methyl sites for hydroxylation is 1. The second-order valence-corrected chi connectivity index (χ2v) is 13.0. The Morgan fingerprint density at radius 2 is 1.78 bits per heavy atom. The van der Waals surface area contributed by atoms with Crippen LogP contribution >= 0.6 is 0 Å². The molecule has 0 heterocycles. The van der Waals surface area contributed by atoms with Crippen LogP contribution in [0.2, 0.25) is 19.6 Å². The van der Waals surface area contributed by atoms with Gasteiger partial charge in [0.15, 0.2) is 0 Å². The molecular formula is C17H23NO3SSi. The predicted molar refractivity (Wildman–Crippen MR) is 95.9 cm³/mol. The van der Waals surface area contributed by atoms with Crippen molar-refractivity contribution < 1.29 is 13.5 Å². The molecule has 1 rings (SSSR count). The molecule has 0 aliphatic rings. The fourth-order valence-electron chi connectivity index (χ4n) is 1.66. The zero-order valence-electron chi connectivity index (χ0n) is 14.1. The van der Waals surface area contributed by atoms with E-state index in [1.807, 2.05) is 26.6 Å². The Hall–Kier alpha value is -1.57. The standard InChI is InChI=1S/C17H23NO3SSi/c1-7-17(19,12-13-23(4,5)6)15(3)18-22(20,21)16-10-8-14(2)9-11-16/h1,8-11,15,18-19H,2-6H3/t15-,17-/m0/s1. The second-order valence-electron chi connectivity index (χ2n) is 6.57. The molecular weight excluding hydrogens is 326 g/mol. The average Bonchev–Trinajstić information content (AvgIpc) is 2.44. The van der Waals surface area contributed by atoms with Gasteiger partial charge in [-0.25, -0.2) is 13.1 Å². The number of benzene rings is 1. The van der Waals surface area contributed by atoms with Crippen molar-refractivity contribution in [3.05, 3.63) is 29.8 Å². The van der Waals surface area contributed by atoms with E-state index < -0.39 is 29.7 Å². The lowest BCUT2D eigenvalue weighted by Gasteiger charge is -2.25. The Bertz CT molecular complexity index is 761. The van der Waals surface area contributed by atoms with Crippen molar-refractivity contribution in [1.29, 1.82) is 0 Å². The maximum Gasteiger partial charge on any atom is 0.240 e. The highest BCUT2D eigenvalue weighted by atomic mass is 32.2. The molecule has 4 nitrogen and oxygen atoms in total. The maximum atomic E-state index is 12.4. The van der Waals surface area contributed by atoms with Crippen molar-refractivity contribution in [3.8, 4) is 23.8 Å². The summed E-state index contributed by atoms with van der Waals surface area (Å²) in [6.07, 6.45) is 5.39. The Labute approximate surface area is 140 Å². The number of hydrogen-bond donors (Lipinski definition) is 2. The maximum absolute atomic E-state index is 12.4. The first-order valence-electron chi connectivity index (χ1n) is 7.23. The number of hydrogen-bond acceptors (Lipinski definition) is 3.